The molecule has 126 valence electrons. The van der Waals surface area contributed by atoms with Crippen molar-refractivity contribution in [1.82, 2.24) is 10.2 Å². The maximum atomic E-state index is 12.7. The summed E-state index contributed by atoms with van der Waals surface area (Å²) in [6.45, 7) is 7.57. The number of nitrogens with one attached hydrogen (secondary N) is 1. The molecule has 1 amide bonds. The van der Waals surface area contributed by atoms with Gasteiger partial charge in [0.15, 0.2) is 0 Å². The second-order valence-electron chi connectivity index (χ2n) is 7.06. The lowest BCUT2D eigenvalue weighted by Gasteiger charge is -2.37. The molecule has 0 bridgehead atoms. The van der Waals surface area contributed by atoms with Gasteiger partial charge in [0.1, 0.15) is 0 Å². The molecule has 4 nitrogen and oxygen atoms in total. The molecule has 0 aliphatic carbocycles. The highest BCUT2D eigenvalue weighted by Gasteiger charge is 2.31. The number of rotatable bonds is 5. The zero-order valence-electron chi connectivity index (χ0n) is 14.3. The third kappa shape index (κ3) is 3.93. The Morgan fingerprint density at radius 3 is 2.83 bits per heavy atom. The molecule has 0 saturated carbocycles. The highest BCUT2D eigenvalue weighted by atomic mass is 16.5. The number of carbonyl (C=O) groups excluding carboxylic acids is 1. The Morgan fingerprint density at radius 1 is 1.35 bits per heavy atom. The molecule has 23 heavy (non-hydrogen) atoms. The van der Waals surface area contributed by atoms with Crippen molar-refractivity contribution in [3.05, 3.63) is 35.4 Å². The van der Waals surface area contributed by atoms with Gasteiger partial charge >= 0.3 is 0 Å². The van der Waals surface area contributed by atoms with Gasteiger partial charge in [0.25, 0.3) is 0 Å². The average molecular weight is 316 g/mol. The van der Waals surface area contributed by atoms with Crippen molar-refractivity contribution >= 4 is 5.91 Å². The molecule has 4 heteroatoms. The first-order valence-electron chi connectivity index (χ1n) is 8.85. The van der Waals surface area contributed by atoms with E-state index in [9.17, 15) is 4.79 Å². The van der Waals surface area contributed by atoms with E-state index in [0.29, 0.717) is 12.5 Å². The maximum absolute atomic E-state index is 12.7. The fraction of sp³-hybridized carbons (Fsp3) is 0.632. The molecule has 2 aliphatic heterocycles. The van der Waals surface area contributed by atoms with Crippen LogP contribution >= 0.6 is 0 Å². The minimum Gasteiger partial charge on any atom is -0.376 e. The first kappa shape index (κ1) is 16.5. The van der Waals surface area contributed by atoms with Gasteiger partial charge in [-0.05, 0) is 36.3 Å². The minimum atomic E-state index is -0.0650. The Morgan fingerprint density at radius 2 is 2.13 bits per heavy atom. The van der Waals surface area contributed by atoms with Gasteiger partial charge in [-0.15, -0.1) is 0 Å². The molecule has 1 aromatic carbocycles. The molecule has 1 aromatic rings. The van der Waals surface area contributed by atoms with E-state index in [4.69, 9.17) is 4.74 Å². The lowest BCUT2D eigenvalue weighted by atomic mass is 9.94. The van der Waals surface area contributed by atoms with Gasteiger partial charge in [-0.1, -0.05) is 38.1 Å². The summed E-state index contributed by atoms with van der Waals surface area (Å²) in [5, 5.41) is 3.12. The van der Waals surface area contributed by atoms with Crippen molar-refractivity contribution in [1.29, 1.82) is 0 Å². The Bertz CT molecular complexity index is 538. The van der Waals surface area contributed by atoms with E-state index in [-0.39, 0.29) is 18.1 Å². The second-order valence-corrected chi connectivity index (χ2v) is 7.06. The Balaban J connectivity index is 1.63. The normalized spacial score (nSPS) is 22.8. The quantitative estimate of drug-likeness (QED) is 0.907. The van der Waals surface area contributed by atoms with Gasteiger partial charge in [0.05, 0.1) is 12.1 Å². The summed E-state index contributed by atoms with van der Waals surface area (Å²) >= 11 is 0. The highest BCUT2D eigenvalue weighted by Crippen LogP contribution is 2.23. The van der Waals surface area contributed by atoms with Crippen LogP contribution in [-0.4, -0.2) is 42.6 Å². The van der Waals surface area contributed by atoms with Gasteiger partial charge in [-0.3, -0.25) is 9.69 Å². The number of amides is 1. The smallest absolute Gasteiger partial charge is 0.237 e. The van der Waals surface area contributed by atoms with Crippen molar-refractivity contribution in [2.45, 2.75) is 51.8 Å². The van der Waals surface area contributed by atoms with E-state index in [1.807, 2.05) is 0 Å². The molecule has 1 fully saturated rings. The molecule has 0 radical (unpaired) electrons. The minimum absolute atomic E-state index is 0.0650. The van der Waals surface area contributed by atoms with Gasteiger partial charge in [-0.2, -0.15) is 0 Å². The summed E-state index contributed by atoms with van der Waals surface area (Å²) in [5.74, 6) is 0.444. The van der Waals surface area contributed by atoms with Crippen LogP contribution in [0.3, 0.4) is 0 Å². The number of hydrogen-bond acceptors (Lipinski definition) is 3. The zero-order chi connectivity index (χ0) is 16.2. The van der Waals surface area contributed by atoms with Gasteiger partial charge < -0.3 is 10.1 Å². The number of hydrogen-bond donors (Lipinski definition) is 1. The van der Waals surface area contributed by atoms with Crippen LogP contribution in [0.1, 0.15) is 37.8 Å². The second kappa shape index (κ2) is 7.45. The molecule has 1 N–H and O–H groups in total. The predicted molar refractivity (Wildman–Crippen MR) is 91.2 cm³/mol. The summed E-state index contributed by atoms with van der Waals surface area (Å²) in [7, 11) is 0. The maximum Gasteiger partial charge on any atom is 0.237 e. The van der Waals surface area contributed by atoms with E-state index in [0.717, 1.165) is 39.0 Å². The summed E-state index contributed by atoms with van der Waals surface area (Å²) in [6, 6.07) is 8.51. The van der Waals surface area contributed by atoms with Crippen LogP contribution in [0.2, 0.25) is 0 Å². The van der Waals surface area contributed by atoms with E-state index in [1.54, 1.807) is 0 Å². The predicted octanol–water partition coefficient (Wildman–Crippen LogP) is 2.36. The number of carbonyl (C=O) groups is 1. The molecule has 0 unspecified atom stereocenters. The molecule has 0 spiro atoms. The molecule has 2 atom stereocenters. The molecule has 0 aromatic heterocycles. The fourth-order valence-corrected chi connectivity index (χ4v) is 3.77. The van der Waals surface area contributed by atoms with Gasteiger partial charge in [0, 0.05) is 26.2 Å². The van der Waals surface area contributed by atoms with Crippen LogP contribution in [0.15, 0.2) is 24.3 Å². The van der Waals surface area contributed by atoms with Gasteiger partial charge in [-0.25, -0.2) is 0 Å². The third-order valence-corrected chi connectivity index (χ3v) is 4.98. The van der Waals surface area contributed by atoms with Crippen molar-refractivity contribution in [3.63, 3.8) is 0 Å². The van der Waals surface area contributed by atoms with Crippen molar-refractivity contribution in [2.24, 2.45) is 5.92 Å². The summed E-state index contributed by atoms with van der Waals surface area (Å²) in [4.78, 5) is 15.1. The fourth-order valence-electron chi connectivity index (χ4n) is 3.77. The first-order valence-corrected chi connectivity index (χ1v) is 8.85. The lowest BCUT2D eigenvalue weighted by molar-refractivity contribution is -0.129. The van der Waals surface area contributed by atoms with Crippen molar-refractivity contribution < 1.29 is 9.53 Å². The molecule has 3 rings (SSSR count). The Kier molecular flexibility index (Phi) is 5.34. The van der Waals surface area contributed by atoms with Crippen LogP contribution < -0.4 is 5.32 Å². The SMILES string of the molecule is CC(C)[C@H](C(=O)NC[C@H]1CCCO1)N1CCc2ccccc2C1. The lowest BCUT2D eigenvalue weighted by Crippen LogP contribution is -2.52. The number of benzene rings is 1. The molecule has 1 saturated heterocycles. The average Bonchev–Trinajstić information content (AvgIpc) is 3.06. The largest absolute Gasteiger partial charge is 0.376 e. The van der Waals surface area contributed by atoms with E-state index >= 15 is 0 Å². The standard InChI is InChI=1S/C19H28N2O2/c1-14(2)18(19(22)20-12-17-8-5-11-23-17)21-10-9-15-6-3-4-7-16(15)13-21/h3-4,6-7,14,17-18H,5,8-13H2,1-2H3,(H,20,22)/t17-,18-/m1/s1. The topological polar surface area (TPSA) is 41.6 Å². The zero-order valence-corrected chi connectivity index (χ0v) is 14.3. The molecular weight excluding hydrogens is 288 g/mol. The summed E-state index contributed by atoms with van der Waals surface area (Å²) in [5.41, 5.74) is 2.78. The van der Waals surface area contributed by atoms with Crippen LogP contribution in [0, 0.1) is 5.92 Å². The monoisotopic (exact) mass is 316 g/mol. The van der Waals surface area contributed by atoms with Gasteiger partial charge in [0.2, 0.25) is 5.91 Å². The Hall–Kier alpha value is -1.39. The summed E-state index contributed by atoms with van der Waals surface area (Å²) < 4.78 is 5.61. The molecule has 2 heterocycles. The first-order chi connectivity index (χ1) is 11.1. The van der Waals surface area contributed by atoms with Crippen molar-refractivity contribution in [2.75, 3.05) is 19.7 Å². The van der Waals surface area contributed by atoms with E-state index in [1.165, 1.54) is 11.1 Å². The third-order valence-electron chi connectivity index (χ3n) is 4.98. The Labute approximate surface area is 139 Å². The van der Waals surface area contributed by atoms with Crippen LogP contribution in [-0.2, 0) is 22.5 Å². The number of nitrogens with zero attached hydrogens (tertiary/aromatic N) is 1. The number of fused-ring (bicyclic) bond motifs is 1. The molecular formula is C19H28N2O2. The number of ether oxygens (including phenoxy) is 1. The van der Waals surface area contributed by atoms with E-state index < -0.39 is 0 Å². The van der Waals surface area contributed by atoms with Crippen LogP contribution in [0.5, 0.6) is 0 Å². The highest BCUT2D eigenvalue weighted by molar-refractivity contribution is 5.82. The van der Waals surface area contributed by atoms with Crippen molar-refractivity contribution in [3.8, 4) is 0 Å². The summed E-state index contributed by atoms with van der Waals surface area (Å²) in [6.07, 6.45) is 3.40. The van der Waals surface area contributed by atoms with E-state index in [2.05, 4.69) is 48.3 Å². The van der Waals surface area contributed by atoms with Crippen LogP contribution in [0.25, 0.3) is 0 Å². The van der Waals surface area contributed by atoms with Crippen LogP contribution in [0.4, 0.5) is 0 Å². The molecule has 2 aliphatic rings.